The number of amides is 1. The summed E-state index contributed by atoms with van der Waals surface area (Å²) in [5.41, 5.74) is 1.78. The van der Waals surface area contributed by atoms with Crippen molar-refractivity contribution in [2.45, 2.75) is 26.8 Å². The van der Waals surface area contributed by atoms with Crippen molar-refractivity contribution in [2.24, 2.45) is 0 Å². The summed E-state index contributed by atoms with van der Waals surface area (Å²) in [5.74, 6) is 0.577. The summed E-state index contributed by atoms with van der Waals surface area (Å²) >= 11 is 5.86. The van der Waals surface area contributed by atoms with E-state index in [4.69, 9.17) is 11.6 Å². The third-order valence-corrected chi connectivity index (χ3v) is 2.99. The van der Waals surface area contributed by atoms with Gasteiger partial charge in [-0.3, -0.25) is 4.79 Å². The molecule has 0 fully saturated rings. The van der Waals surface area contributed by atoms with Crippen LogP contribution in [0.1, 0.15) is 18.1 Å². The number of hydrogen-bond donors (Lipinski definition) is 1. The molecule has 0 aliphatic rings. The first kappa shape index (κ1) is 13.7. The minimum absolute atomic E-state index is 0.0150. The van der Waals surface area contributed by atoms with Gasteiger partial charge in [0.05, 0.1) is 0 Å². The quantitative estimate of drug-likeness (QED) is 0.893. The van der Waals surface area contributed by atoms with E-state index >= 15 is 0 Å². The Kier molecular flexibility index (Phi) is 4.28. The normalized spacial score (nSPS) is 12.1. The van der Waals surface area contributed by atoms with Crippen LogP contribution in [0.2, 0.25) is 5.15 Å². The highest BCUT2D eigenvalue weighted by Gasteiger charge is 2.17. The molecule has 0 bridgehead atoms. The summed E-state index contributed by atoms with van der Waals surface area (Å²) in [6.07, 6.45) is 0. The molecule has 0 radical (unpaired) electrons. The third-order valence-electron chi connectivity index (χ3n) is 2.63. The third kappa shape index (κ3) is 3.06. The zero-order valence-corrected chi connectivity index (χ0v) is 11.5. The van der Waals surface area contributed by atoms with Crippen LogP contribution in [0.25, 0.3) is 0 Å². The largest absolute Gasteiger partial charge is 0.357 e. The standard InChI is InChI=1S/C11H17ClN4O/c1-6-7(2)10(15-14-9(6)12)13-8(3)11(17)16(4)5/h8H,1-5H3,(H,13,15). The SMILES string of the molecule is Cc1c(Cl)nnc(NC(C)C(=O)N(C)C)c1C. The monoisotopic (exact) mass is 256 g/mol. The zero-order chi connectivity index (χ0) is 13.2. The van der Waals surface area contributed by atoms with E-state index in [-0.39, 0.29) is 11.9 Å². The summed E-state index contributed by atoms with van der Waals surface area (Å²) in [5, 5.41) is 11.2. The lowest BCUT2D eigenvalue weighted by Crippen LogP contribution is -2.37. The molecule has 6 heteroatoms. The molecule has 1 rings (SSSR count). The lowest BCUT2D eigenvalue weighted by atomic mass is 10.2. The first-order valence-corrected chi connectivity index (χ1v) is 5.69. The molecule has 1 aromatic rings. The van der Waals surface area contributed by atoms with Crippen LogP contribution in [0.5, 0.6) is 0 Å². The minimum Gasteiger partial charge on any atom is -0.357 e. The van der Waals surface area contributed by atoms with E-state index < -0.39 is 0 Å². The van der Waals surface area contributed by atoms with Gasteiger partial charge >= 0.3 is 0 Å². The molecule has 1 atom stereocenters. The average Bonchev–Trinajstić information content (AvgIpc) is 2.28. The molecule has 0 spiro atoms. The number of likely N-dealkylation sites (N-methyl/N-ethyl adjacent to an activating group) is 1. The smallest absolute Gasteiger partial charge is 0.244 e. The molecular formula is C11H17ClN4O. The maximum atomic E-state index is 11.7. The second-order valence-electron chi connectivity index (χ2n) is 4.19. The minimum atomic E-state index is -0.349. The van der Waals surface area contributed by atoms with E-state index in [2.05, 4.69) is 15.5 Å². The fraction of sp³-hybridized carbons (Fsp3) is 0.545. The molecule has 1 amide bonds. The number of carbonyl (C=O) groups excluding carboxylic acids is 1. The highest BCUT2D eigenvalue weighted by atomic mass is 35.5. The number of halogens is 1. The van der Waals surface area contributed by atoms with Gasteiger partial charge < -0.3 is 10.2 Å². The number of nitrogens with one attached hydrogen (secondary N) is 1. The van der Waals surface area contributed by atoms with Gasteiger partial charge in [0, 0.05) is 14.1 Å². The molecule has 17 heavy (non-hydrogen) atoms. The van der Waals surface area contributed by atoms with Crippen molar-refractivity contribution >= 4 is 23.3 Å². The van der Waals surface area contributed by atoms with E-state index in [0.717, 1.165) is 11.1 Å². The fourth-order valence-corrected chi connectivity index (χ4v) is 1.55. The van der Waals surface area contributed by atoms with Gasteiger partial charge in [-0.1, -0.05) is 11.6 Å². The molecule has 0 aromatic carbocycles. The van der Waals surface area contributed by atoms with Crippen LogP contribution in [0, 0.1) is 13.8 Å². The van der Waals surface area contributed by atoms with Crippen LogP contribution in [0.3, 0.4) is 0 Å². The molecule has 0 aliphatic carbocycles. The average molecular weight is 257 g/mol. The van der Waals surface area contributed by atoms with Crippen molar-refractivity contribution in [3.05, 3.63) is 16.3 Å². The van der Waals surface area contributed by atoms with Crippen LogP contribution in [-0.2, 0) is 4.79 Å². The van der Waals surface area contributed by atoms with Gasteiger partial charge in [0.25, 0.3) is 0 Å². The van der Waals surface area contributed by atoms with Gasteiger partial charge in [-0.15, -0.1) is 10.2 Å². The van der Waals surface area contributed by atoms with Crippen molar-refractivity contribution in [2.75, 3.05) is 19.4 Å². The summed E-state index contributed by atoms with van der Waals surface area (Å²) in [7, 11) is 3.43. The van der Waals surface area contributed by atoms with E-state index in [0.29, 0.717) is 11.0 Å². The van der Waals surface area contributed by atoms with Crippen LogP contribution < -0.4 is 5.32 Å². The molecule has 0 saturated carbocycles. The summed E-state index contributed by atoms with van der Waals surface area (Å²) in [4.78, 5) is 13.2. The van der Waals surface area contributed by atoms with Gasteiger partial charge in [0.2, 0.25) is 5.91 Å². The molecule has 1 N–H and O–H groups in total. The van der Waals surface area contributed by atoms with Gasteiger partial charge in [0.1, 0.15) is 6.04 Å². The Hall–Kier alpha value is -1.36. The van der Waals surface area contributed by atoms with Gasteiger partial charge in [0.15, 0.2) is 11.0 Å². The topological polar surface area (TPSA) is 58.1 Å². The number of rotatable bonds is 3. The lowest BCUT2D eigenvalue weighted by Gasteiger charge is -2.19. The fourth-order valence-electron chi connectivity index (χ4n) is 1.37. The second-order valence-corrected chi connectivity index (χ2v) is 4.55. The first-order valence-electron chi connectivity index (χ1n) is 5.31. The number of hydrogen-bond acceptors (Lipinski definition) is 4. The Morgan fingerprint density at radius 1 is 1.29 bits per heavy atom. The predicted octanol–water partition coefficient (Wildman–Crippen LogP) is 1.64. The Morgan fingerprint density at radius 2 is 1.88 bits per heavy atom. The van der Waals surface area contributed by atoms with Crippen molar-refractivity contribution in [3.8, 4) is 0 Å². The molecule has 0 saturated heterocycles. The lowest BCUT2D eigenvalue weighted by molar-refractivity contribution is -0.129. The molecule has 94 valence electrons. The van der Waals surface area contributed by atoms with Crippen LogP contribution in [0.15, 0.2) is 0 Å². The zero-order valence-electron chi connectivity index (χ0n) is 10.7. The highest BCUT2D eigenvalue weighted by Crippen LogP contribution is 2.21. The van der Waals surface area contributed by atoms with E-state index in [1.807, 2.05) is 13.8 Å². The van der Waals surface area contributed by atoms with E-state index in [9.17, 15) is 4.79 Å². The van der Waals surface area contributed by atoms with Crippen molar-refractivity contribution in [1.29, 1.82) is 0 Å². The maximum absolute atomic E-state index is 11.7. The van der Waals surface area contributed by atoms with Gasteiger partial charge in [-0.2, -0.15) is 0 Å². The van der Waals surface area contributed by atoms with E-state index in [1.165, 1.54) is 4.90 Å². The molecule has 5 nitrogen and oxygen atoms in total. The predicted molar refractivity (Wildman–Crippen MR) is 68.3 cm³/mol. The Bertz CT molecular complexity index is 434. The van der Waals surface area contributed by atoms with Crippen molar-refractivity contribution in [3.63, 3.8) is 0 Å². The number of carbonyl (C=O) groups is 1. The van der Waals surface area contributed by atoms with Crippen LogP contribution >= 0.6 is 11.6 Å². The van der Waals surface area contributed by atoms with Crippen molar-refractivity contribution < 1.29 is 4.79 Å². The van der Waals surface area contributed by atoms with Crippen molar-refractivity contribution in [1.82, 2.24) is 15.1 Å². The Balaban J connectivity index is 2.90. The summed E-state index contributed by atoms with van der Waals surface area (Å²) in [6, 6.07) is -0.349. The Morgan fingerprint density at radius 3 is 2.41 bits per heavy atom. The molecular weight excluding hydrogens is 240 g/mol. The number of aromatic nitrogens is 2. The second kappa shape index (κ2) is 5.31. The molecule has 1 aromatic heterocycles. The van der Waals surface area contributed by atoms with Crippen LogP contribution in [-0.4, -0.2) is 41.1 Å². The molecule has 1 heterocycles. The molecule has 1 unspecified atom stereocenters. The van der Waals surface area contributed by atoms with Gasteiger partial charge in [-0.25, -0.2) is 0 Å². The molecule has 0 aliphatic heterocycles. The van der Waals surface area contributed by atoms with Gasteiger partial charge in [-0.05, 0) is 31.9 Å². The van der Waals surface area contributed by atoms with E-state index in [1.54, 1.807) is 21.0 Å². The first-order chi connectivity index (χ1) is 7.84. The summed E-state index contributed by atoms with van der Waals surface area (Å²) < 4.78 is 0. The Labute approximate surface area is 106 Å². The maximum Gasteiger partial charge on any atom is 0.244 e. The number of nitrogens with zero attached hydrogens (tertiary/aromatic N) is 3. The van der Waals surface area contributed by atoms with Crippen LogP contribution in [0.4, 0.5) is 5.82 Å². The highest BCUT2D eigenvalue weighted by molar-refractivity contribution is 6.30. The number of anilines is 1. The summed E-state index contributed by atoms with van der Waals surface area (Å²) in [6.45, 7) is 5.55.